The Morgan fingerprint density at radius 1 is 1.85 bits per heavy atom. The summed E-state index contributed by atoms with van der Waals surface area (Å²) in [7, 11) is 0. The molecule has 0 bridgehead atoms. The number of carbonyl (C=O) groups excluding carboxylic acids is 1. The molecule has 0 aliphatic carbocycles. The fourth-order valence-corrected chi connectivity index (χ4v) is 2.05. The van der Waals surface area contributed by atoms with Crippen molar-refractivity contribution < 1.29 is 4.79 Å². The van der Waals surface area contributed by atoms with Crippen molar-refractivity contribution in [1.29, 1.82) is 0 Å². The minimum atomic E-state index is -0.212. The normalized spacial score (nSPS) is 25.8. The minimum Gasteiger partial charge on any atom is -0.368 e. The number of nitrogens with two attached hydrogens (primary N) is 1. The van der Waals surface area contributed by atoms with E-state index in [1.54, 1.807) is 0 Å². The maximum absolute atomic E-state index is 11.1. The molecule has 1 heterocycles. The van der Waals surface area contributed by atoms with Gasteiger partial charge in [-0.05, 0) is 25.8 Å². The Kier molecular flexibility index (Phi) is 3.48. The lowest BCUT2D eigenvalue weighted by Crippen LogP contribution is -2.46. The van der Waals surface area contributed by atoms with Crippen molar-refractivity contribution in [1.82, 2.24) is 4.90 Å². The summed E-state index contributed by atoms with van der Waals surface area (Å²) in [6.45, 7) is 6.74. The molecule has 0 spiro atoms. The van der Waals surface area contributed by atoms with E-state index in [1.165, 1.54) is 0 Å². The fraction of sp³-hybridized carbons (Fsp3) is 0.700. The van der Waals surface area contributed by atoms with Crippen LogP contribution in [0, 0.1) is 0 Å². The summed E-state index contributed by atoms with van der Waals surface area (Å²) in [5, 5.41) is 0. The number of hydrogen-bond acceptors (Lipinski definition) is 2. The Balaban J connectivity index is 2.67. The van der Waals surface area contributed by atoms with Crippen LogP contribution in [0.3, 0.4) is 0 Å². The molecular weight excluding hydrogens is 164 g/mol. The number of rotatable bonds is 4. The van der Waals surface area contributed by atoms with Crippen molar-refractivity contribution in [2.24, 2.45) is 5.73 Å². The van der Waals surface area contributed by atoms with Crippen molar-refractivity contribution in [3.05, 3.63) is 12.7 Å². The van der Waals surface area contributed by atoms with E-state index in [1.807, 2.05) is 13.0 Å². The maximum atomic E-state index is 11.1. The number of nitrogens with zero attached hydrogens (tertiary/aromatic N) is 1. The third-order valence-corrected chi connectivity index (χ3v) is 2.73. The molecule has 1 aliphatic rings. The van der Waals surface area contributed by atoms with Crippen LogP contribution in [-0.4, -0.2) is 29.4 Å². The molecule has 2 N–H and O–H groups in total. The van der Waals surface area contributed by atoms with Gasteiger partial charge in [-0.3, -0.25) is 9.69 Å². The molecule has 2 atom stereocenters. The van der Waals surface area contributed by atoms with Gasteiger partial charge in [0, 0.05) is 6.04 Å². The third kappa shape index (κ3) is 2.10. The Morgan fingerprint density at radius 2 is 2.54 bits per heavy atom. The average molecular weight is 182 g/mol. The molecule has 2 unspecified atom stereocenters. The molecule has 74 valence electrons. The van der Waals surface area contributed by atoms with E-state index in [4.69, 9.17) is 5.73 Å². The number of hydrogen-bond donors (Lipinski definition) is 1. The average Bonchev–Trinajstić information content (AvgIpc) is 2.53. The third-order valence-electron chi connectivity index (χ3n) is 2.73. The standard InChI is InChI=1S/C10H18N2O/c1-3-8-6-5-7-12(8)9(4-2)10(11)13/h3,8-9H,1,4-7H2,2H3,(H2,11,13). The van der Waals surface area contributed by atoms with Crippen molar-refractivity contribution in [3.63, 3.8) is 0 Å². The van der Waals surface area contributed by atoms with Gasteiger partial charge < -0.3 is 5.73 Å². The van der Waals surface area contributed by atoms with Gasteiger partial charge in [-0.25, -0.2) is 0 Å². The van der Waals surface area contributed by atoms with Gasteiger partial charge in [0.2, 0.25) is 5.91 Å². The highest BCUT2D eigenvalue weighted by Gasteiger charge is 2.30. The van der Waals surface area contributed by atoms with E-state index >= 15 is 0 Å². The minimum absolute atomic E-state index is 0.106. The zero-order chi connectivity index (χ0) is 9.84. The highest BCUT2D eigenvalue weighted by atomic mass is 16.1. The van der Waals surface area contributed by atoms with E-state index in [0.717, 1.165) is 25.8 Å². The van der Waals surface area contributed by atoms with Crippen LogP contribution >= 0.6 is 0 Å². The molecule has 0 aromatic heterocycles. The molecule has 1 rings (SSSR count). The van der Waals surface area contributed by atoms with E-state index in [9.17, 15) is 4.79 Å². The smallest absolute Gasteiger partial charge is 0.234 e. The molecule has 3 nitrogen and oxygen atoms in total. The molecule has 1 aliphatic heterocycles. The SMILES string of the molecule is C=CC1CCCN1C(CC)C(N)=O. The molecule has 0 saturated carbocycles. The molecule has 3 heteroatoms. The zero-order valence-electron chi connectivity index (χ0n) is 8.20. The van der Waals surface area contributed by atoms with Crippen molar-refractivity contribution in [2.75, 3.05) is 6.54 Å². The second-order valence-electron chi connectivity index (χ2n) is 3.51. The van der Waals surface area contributed by atoms with Crippen LogP contribution in [0.4, 0.5) is 0 Å². The molecule has 1 amide bonds. The van der Waals surface area contributed by atoms with Crippen LogP contribution < -0.4 is 5.73 Å². The fourth-order valence-electron chi connectivity index (χ4n) is 2.05. The van der Waals surface area contributed by atoms with E-state index < -0.39 is 0 Å². The summed E-state index contributed by atoms with van der Waals surface area (Å²) in [5.41, 5.74) is 5.33. The summed E-state index contributed by atoms with van der Waals surface area (Å²) < 4.78 is 0. The molecule has 0 radical (unpaired) electrons. The van der Waals surface area contributed by atoms with Gasteiger partial charge >= 0.3 is 0 Å². The predicted molar refractivity (Wildman–Crippen MR) is 53.2 cm³/mol. The molecule has 13 heavy (non-hydrogen) atoms. The predicted octanol–water partition coefficient (Wildman–Crippen LogP) is 0.901. The van der Waals surface area contributed by atoms with E-state index in [2.05, 4.69) is 11.5 Å². The second kappa shape index (κ2) is 4.42. The Bertz CT molecular complexity index is 203. The van der Waals surface area contributed by atoms with Crippen LogP contribution in [0.5, 0.6) is 0 Å². The molecule has 1 fully saturated rings. The monoisotopic (exact) mass is 182 g/mol. The lowest BCUT2D eigenvalue weighted by atomic mass is 10.1. The largest absolute Gasteiger partial charge is 0.368 e. The first-order valence-corrected chi connectivity index (χ1v) is 4.88. The van der Waals surface area contributed by atoms with Gasteiger partial charge in [-0.15, -0.1) is 6.58 Å². The number of likely N-dealkylation sites (tertiary alicyclic amines) is 1. The Labute approximate surface area is 79.6 Å². The van der Waals surface area contributed by atoms with E-state index in [-0.39, 0.29) is 11.9 Å². The maximum Gasteiger partial charge on any atom is 0.234 e. The zero-order valence-corrected chi connectivity index (χ0v) is 8.20. The molecule has 0 aromatic carbocycles. The van der Waals surface area contributed by atoms with Crippen LogP contribution in [0.15, 0.2) is 12.7 Å². The van der Waals surface area contributed by atoms with Crippen molar-refractivity contribution >= 4 is 5.91 Å². The summed E-state index contributed by atoms with van der Waals surface area (Å²) in [4.78, 5) is 13.3. The Hall–Kier alpha value is -0.830. The van der Waals surface area contributed by atoms with Gasteiger partial charge in [0.15, 0.2) is 0 Å². The van der Waals surface area contributed by atoms with Gasteiger partial charge in [-0.2, -0.15) is 0 Å². The van der Waals surface area contributed by atoms with Crippen molar-refractivity contribution in [3.8, 4) is 0 Å². The van der Waals surface area contributed by atoms with Crippen LogP contribution in [0.2, 0.25) is 0 Å². The second-order valence-corrected chi connectivity index (χ2v) is 3.51. The molecule has 1 saturated heterocycles. The molecule has 0 aromatic rings. The first-order valence-electron chi connectivity index (χ1n) is 4.88. The number of carbonyl (C=O) groups is 1. The number of primary amides is 1. The van der Waals surface area contributed by atoms with Crippen LogP contribution in [-0.2, 0) is 4.79 Å². The lowest BCUT2D eigenvalue weighted by Gasteiger charge is -2.28. The van der Waals surface area contributed by atoms with E-state index in [0.29, 0.717) is 6.04 Å². The summed E-state index contributed by atoms with van der Waals surface area (Å²) >= 11 is 0. The summed E-state index contributed by atoms with van der Waals surface area (Å²) in [6.07, 6.45) is 4.95. The highest BCUT2D eigenvalue weighted by molar-refractivity contribution is 5.79. The summed E-state index contributed by atoms with van der Waals surface area (Å²) in [6, 6.07) is 0.239. The van der Waals surface area contributed by atoms with Gasteiger partial charge in [0.05, 0.1) is 6.04 Å². The van der Waals surface area contributed by atoms with Crippen LogP contribution in [0.1, 0.15) is 26.2 Å². The first-order chi connectivity index (χ1) is 6.20. The highest BCUT2D eigenvalue weighted by Crippen LogP contribution is 2.21. The Morgan fingerprint density at radius 3 is 3.00 bits per heavy atom. The lowest BCUT2D eigenvalue weighted by molar-refractivity contribution is -0.123. The number of amides is 1. The van der Waals surface area contributed by atoms with Crippen molar-refractivity contribution in [2.45, 2.75) is 38.3 Å². The van der Waals surface area contributed by atoms with Crippen LogP contribution in [0.25, 0.3) is 0 Å². The first kappa shape index (κ1) is 10.3. The quantitative estimate of drug-likeness (QED) is 0.657. The van der Waals surface area contributed by atoms with Gasteiger partial charge in [-0.1, -0.05) is 13.0 Å². The molecular formula is C10H18N2O. The summed E-state index contributed by atoms with van der Waals surface area (Å²) in [5.74, 6) is -0.212. The van der Waals surface area contributed by atoms with Gasteiger partial charge in [0.25, 0.3) is 0 Å². The topological polar surface area (TPSA) is 46.3 Å². The van der Waals surface area contributed by atoms with Gasteiger partial charge in [0.1, 0.15) is 0 Å².